The standard InChI is InChI=1S/C17H17FN2O4/c1-23-10-12-2-4-13(5-3-12)17(22)20-19-16(21)11-24-15-8-6-14(18)7-9-15/h2-9H,10-11H2,1H3,(H,19,21)(H,20,22). The molecule has 126 valence electrons. The average Bonchev–Trinajstić information content (AvgIpc) is 2.60. The number of hydrazine groups is 1. The Balaban J connectivity index is 1.76. The number of hydrogen-bond donors (Lipinski definition) is 2. The number of methoxy groups -OCH3 is 1. The van der Waals surface area contributed by atoms with Crippen LogP contribution in [0.3, 0.4) is 0 Å². The van der Waals surface area contributed by atoms with Crippen LogP contribution in [0.4, 0.5) is 4.39 Å². The van der Waals surface area contributed by atoms with E-state index in [1.807, 2.05) is 0 Å². The molecule has 0 aliphatic rings. The number of benzene rings is 2. The maximum Gasteiger partial charge on any atom is 0.276 e. The van der Waals surface area contributed by atoms with Crippen LogP contribution in [0.5, 0.6) is 5.75 Å². The highest BCUT2D eigenvalue weighted by molar-refractivity contribution is 5.95. The van der Waals surface area contributed by atoms with Crippen molar-refractivity contribution in [3.05, 3.63) is 65.5 Å². The smallest absolute Gasteiger partial charge is 0.276 e. The Kier molecular flexibility index (Phi) is 6.27. The fourth-order valence-corrected chi connectivity index (χ4v) is 1.83. The maximum absolute atomic E-state index is 12.7. The molecule has 2 amide bonds. The molecule has 0 saturated carbocycles. The Morgan fingerprint density at radius 1 is 1.00 bits per heavy atom. The molecular formula is C17H17FN2O4. The summed E-state index contributed by atoms with van der Waals surface area (Å²) in [7, 11) is 1.59. The lowest BCUT2D eigenvalue weighted by atomic mass is 10.1. The number of ether oxygens (including phenoxy) is 2. The minimum Gasteiger partial charge on any atom is -0.484 e. The van der Waals surface area contributed by atoms with Gasteiger partial charge in [0.25, 0.3) is 11.8 Å². The van der Waals surface area contributed by atoms with Crippen LogP contribution in [0.15, 0.2) is 48.5 Å². The van der Waals surface area contributed by atoms with Crippen LogP contribution in [0.2, 0.25) is 0 Å². The molecule has 2 aromatic carbocycles. The van der Waals surface area contributed by atoms with E-state index in [1.165, 1.54) is 24.3 Å². The SMILES string of the molecule is COCc1ccc(C(=O)NNC(=O)COc2ccc(F)cc2)cc1. The highest BCUT2D eigenvalue weighted by atomic mass is 19.1. The first kappa shape index (κ1) is 17.4. The summed E-state index contributed by atoms with van der Waals surface area (Å²) < 4.78 is 22.9. The van der Waals surface area contributed by atoms with Gasteiger partial charge in [-0.1, -0.05) is 12.1 Å². The molecule has 6 nitrogen and oxygen atoms in total. The summed E-state index contributed by atoms with van der Waals surface area (Å²) in [4.78, 5) is 23.5. The molecule has 0 fully saturated rings. The van der Waals surface area contributed by atoms with Gasteiger partial charge in [0.2, 0.25) is 0 Å². The van der Waals surface area contributed by atoms with E-state index in [-0.39, 0.29) is 6.61 Å². The third kappa shape index (κ3) is 5.36. The number of carbonyl (C=O) groups excluding carboxylic acids is 2. The summed E-state index contributed by atoms with van der Waals surface area (Å²) in [5.74, 6) is -1.03. The van der Waals surface area contributed by atoms with Crippen molar-refractivity contribution in [2.45, 2.75) is 6.61 Å². The summed E-state index contributed by atoms with van der Waals surface area (Å²) in [5, 5.41) is 0. The van der Waals surface area contributed by atoms with Crippen molar-refractivity contribution < 1.29 is 23.5 Å². The number of carbonyl (C=O) groups is 2. The van der Waals surface area contributed by atoms with Gasteiger partial charge >= 0.3 is 0 Å². The molecule has 7 heteroatoms. The van der Waals surface area contributed by atoms with Crippen LogP contribution < -0.4 is 15.6 Å². The third-order valence-corrected chi connectivity index (χ3v) is 3.03. The van der Waals surface area contributed by atoms with Gasteiger partial charge in [-0.15, -0.1) is 0 Å². The van der Waals surface area contributed by atoms with E-state index in [4.69, 9.17) is 9.47 Å². The van der Waals surface area contributed by atoms with Crippen molar-refractivity contribution in [1.82, 2.24) is 10.9 Å². The second-order valence-corrected chi connectivity index (χ2v) is 4.87. The van der Waals surface area contributed by atoms with Gasteiger partial charge in [-0.2, -0.15) is 0 Å². The lowest BCUT2D eigenvalue weighted by molar-refractivity contribution is -0.123. The summed E-state index contributed by atoms with van der Waals surface area (Å²) in [6, 6.07) is 12.0. The van der Waals surface area contributed by atoms with Crippen LogP contribution in [0.25, 0.3) is 0 Å². The van der Waals surface area contributed by atoms with E-state index in [2.05, 4.69) is 10.9 Å². The van der Waals surface area contributed by atoms with Gasteiger partial charge in [0.05, 0.1) is 6.61 Å². The van der Waals surface area contributed by atoms with E-state index < -0.39 is 17.6 Å². The zero-order valence-corrected chi connectivity index (χ0v) is 13.0. The van der Waals surface area contributed by atoms with Crippen molar-refractivity contribution >= 4 is 11.8 Å². The van der Waals surface area contributed by atoms with Gasteiger partial charge in [-0.05, 0) is 42.0 Å². The first-order valence-corrected chi connectivity index (χ1v) is 7.14. The lowest BCUT2D eigenvalue weighted by Crippen LogP contribution is -2.43. The Morgan fingerprint density at radius 3 is 2.29 bits per heavy atom. The quantitative estimate of drug-likeness (QED) is 0.791. The van der Waals surface area contributed by atoms with Crippen molar-refractivity contribution in [3.63, 3.8) is 0 Å². The minimum atomic E-state index is -0.538. The van der Waals surface area contributed by atoms with Gasteiger partial charge in [0, 0.05) is 12.7 Å². The predicted molar refractivity (Wildman–Crippen MR) is 84.7 cm³/mol. The predicted octanol–water partition coefficient (Wildman–Crippen LogP) is 1.81. The normalized spacial score (nSPS) is 10.1. The molecule has 0 spiro atoms. The van der Waals surface area contributed by atoms with Crippen LogP contribution in [0, 0.1) is 5.82 Å². The monoisotopic (exact) mass is 332 g/mol. The van der Waals surface area contributed by atoms with Crippen molar-refractivity contribution in [3.8, 4) is 5.75 Å². The van der Waals surface area contributed by atoms with Gasteiger partial charge < -0.3 is 9.47 Å². The zero-order chi connectivity index (χ0) is 17.4. The van der Waals surface area contributed by atoms with E-state index in [0.29, 0.717) is 17.9 Å². The van der Waals surface area contributed by atoms with Crippen LogP contribution in [-0.4, -0.2) is 25.5 Å². The summed E-state index contributed by atoms with van der Waals surface area (Å²) in [6.45, 7) is 0.151. The molecule has 24 heavy (non-hydrogen) atoms. The summed E-state index contributed by atoms with van der Waals surface area (Å²) in [6.07, 6.45) is 0. The van der Waals surface area contributed by atoms with E-state index in [9.17, 15) is 14.0 Å². The number of nitrogens with one attached hydrogen (secondary N) is 2. The molecule has 0 bridgehead atoms. The van der Waals surface area contributed by atoms with Gasteiger partial charge in [0.15, 0.2) is 6.61 Å². The Hall–Kier alpha value is -2.93. The largest absolute Gasteiger partial charge is 0.484 e. The Labute approximate surface area is 138 Å². The molecule has 0 aliphatic carbocycles. The van der Waals surface area contributed by atoms with E-state index >= 15 is 0 Å². The van der Waals surface area contributed by atoms with Gasteiger partial charge in [-0.25, -0.2) is 4.39 Å². The molecule has 2 aromatic rings. The molecule has 0 aliphatic heterocycles. The molecule has 0 unspecified atom stereocenters. The van der Waals surface area contributed by atoms with Crippen molar-refractivity contribution in [1.29, 1.82) is 0 Å². The summed E-state index contributed by atoms with van der Waals surface area (Å²) in [5.41, 5.74) is 5.86. The molecule has 0 aromatic heterocycles. The minimum absolute atomic E-state index is 0.307. The molecule has 0 atom stereocenters. The molecule has 0 saturated heterocycles. The van der Waals surface area contributed by atoms with Crippen LogP contribution in [-0.2, 0) is 16.1 Å². The first-order valence-electron chi connectivity index (χ1n) is 7.14. The Bertz CT molecular complexity index is 687. The van der Waals surface area contributed by atoms with Gasteiger partial charge in [-0.3, -0.25) is 20.4 Å². The number of hydrogen-bond acceptors (Lipinski definition) is 4. The molecular weight excluding hydrogens is 315 g/mol. The fourth-order valence-electron chi connectivity index (χ4n) is 1.83. The van der Waals surface area contributed by atoms with E-state index in [1.54, 1.807) is 31.4 Å². The third-order valence-electron chi connectivity index (χ3n) is 3.03. The molecule has 2 rings (SSSR count). The molecule has 0 heterocycles. The van der Waals surface area contributed by atoms with Crippen LogP contribution >= 0.6 is 0 Å². The Morgan fingerprint density at radius 2 is 1.67 bits per heavy atom. The van der Waals surface area contributed by atoms with Crippen LogP contribution in [0.1, 0.15) is 15.9 Å². The second kappa shape index (κ2) is 8.64. The zero-order valence-electron chi connectivity index (χ0n) is 13.0. The first-order chi connectivity index (χ1) is 11.6. The average molecular weight is 332 g/mol. The van der Waals surface area contributed by atoms with Gasteiger partial charge in [0.1, 0.15) is 11.6 Å². The van der Waals surface area contributed by atoms with Crippen molar-refractivity contribution in [2.24, 2.45) is 0 Å². The molecule has 0 radical (unpaired) electrons. The highest BCUT2D eigenvalue weighted by Gasteiger charge is 2.08. The molecule has 2 N–H and O–H groups in total. The number of halogens is 1. The number of rotatable bonds is 6. The number of amides is 2. The maximum atomic E-state index is 12.7. The highest BCUT2D eigenvalue weighted by Crippen LogP contribution is 2.10. The second-order valence-electron chi connectivity index (χ2n) is 4.87. The summed E-state index contributed by atoms with van der Waals surface area (Å²) >= 11 is 0. The van der Waals surface area contributed by atoms with Crippen molar-refractivity contribution in [2.75, 3.05) is 13.7 Å². The van der Waals surface area contributed by atoms with E-state index in [0.717, 1.165) is 5.56 Å². The lowest BCUT2D eigenvalue weighted by Gasteiger charge is -2.09. The fraction of sp³-hybridized carbons (Fsp3) is 0.176. The topological polar surface area (TPSA) is 76.7 Å².